The highest BCUT2D eigenvalue weighted by Crippen LogP contribution is 2.08. The van der Waals surface area contributed by atoms with E-state index < -0.39 is 5.97 Å². The van der Waals surface area contributed by atoms with Gasteiger partial charge in [0.1, 0.15) is 0 Å². The van der Waals surface area contributed by atoms with Gasteiger partial charge in [0.2, 0.25) is 0 Å². The Kier molecular flexibility index (Phi) is 5.69. The zero-order chi connectivity index (χ0) is 13.7. The van der Waals surface area contributed by atoms with Crippen LogP contribution in [0.25, 0.3) is 6.08 Å². The van der Waals surface area contributed by atoms with E-state index in [1.54, 1.807) is 30.3 Å². The Bertz CT molecular complexity index is 616. The van der Waals surface area contributed by atoms with Gasteiger partial charge >= 0.3 is 5.97 Å². The van der Waals surface area contributed by atoms with E-state index in [0.717, 1.165) is 5.56 Å². The lowest BCUT2D eigenvalue weighted by atomic mass is 10.1. The van der Waals surface area contributed by atoms with E-state index in [1.165, 1.54) is 18.2 Å². The topological polar surface area (TPSA) is 54.4 Å². The molecule has 0 aliphatic rings. The Morgan fingerprint density at radius 3 is 2.00 bits per heavy atom. The van der Waals surface area contributed by atoms with E-state index in [1.807, 2.05) is 18.2 Å². The molecule has 2 aromatic carbocycles. The van der Waals surface area contributed by atoms with Gasteiger partial charge in [0.15, 0.2) is 5.78 Å². The van der Waals surface area contributed by atoms with E-state index >= 15 is 0 Å². The van der Waals surface area contributed by atoms with Crippen LogP contribution in [0, 0.1) is 0 Å². The standard InChI is InChI=1S/C16H12O3.ClH/c17-15(13-4-2-1-3-5-13)11-8-12-6-9-14(10-7-12)16(18)19;/h1-11H,(H,18,19);1H/b11-8+;. The monoisotopic (exact) mass is 288 g/mol. The van der Waals surface area contributed by atoms with Crippen molar-refractivity contribution in [3.05, 3.63) is 77.4 Å². The van der Waals surface area contributed by atoms with Crippen molar-refractivity contribution in [3.8, 4) is 0 Å². The number of benzene rings is 2. The van der Waals surface area contributed by atoms with Crippen LogP contribution in [0.4, 0.5) is 0 Å². The molecule has 0 fully saturated rings. The summed E-state index contributed by atoms with van der Waals surface area (Å²) in [6.07, 6.45) is 3.14. The summed E-state index contributed by atoms with van der Waals surface area (Å²) >= 11 is 0. The molecule has 3 nitrogen and oxygen atoms in total. The average molecular weight is 289 g/mol. The molecule has 0 saturated heterocycles. The van der Waals surface area contributed by atoms with Gasteiger partial charge < -0.3 is 5.11 Å². The summed E-state index contributed by atoms with van der Waals surface area (Å²) in [5, 5.41) is 8.77. The molecule has 20 heavy (non-hydrogen) atoms. The normalized spacial score (nSPS) is 10.0. The maximum absolute atomic E-state index is 11.8. The van der Waals surface area contributed by atoms with Gasteiger partial charge in [-0.3, -0.25) is 4.79 Å². The Morgan fingerprint density at radius 2 is 1.45 bits per heavy atom. The van der Waals surface area contributed by atoms with Crippen LogP contribution in [0.3, 0.4) is 0 Å². The molecule has 4 heteroatoms. The molecule has 0 amide bonds. The minimum absolute atomic E-state index is 0. The SMILES string of the molecule is Cl.O=C(O)c1ccc(/C=C/C(=O)c2ccccc2)cc1. The number of carbonyl (C=O) groups is 2. The third-order valence-corrected chi connectivity index (χ3v) is 2.64. The molecule has 0 unspecified atom stereocenters. The van der Waals surface area contributed by atoms with E-state index in [4.69, 9.17) is 5.11 Å². The maximum Gasteiger partial charge on any atom is 0.335 e. The van der Waals surface area contributed by atoms with Crippen LogP contribution in [0.5, 0.6) is 0 Å². The third-order valence-electron chi connectivity index (χ3n) is 2.64. The quantitative estimate of drug-likeness (QED) is 0.689. The fourth-order valence-electron chi connectivity index (χ4n) is 1.61. The molecule has 1 N–H and O–H groups in total. The summed E-state index contributed by atoms with van der Waals surface area (Å²) in [6.45, 7) is 0. The number of carbonyl (C=O) groups excluding carboxylic acids is 1. The zero-order valence-corrected chi connectivity index (χ0v) is 11.3. The smallest absolute Gasteiger partial charge is 0.335 e. The first-order valence-corrected chi connectivity index (χ1v) is 5.77. The molecular formula is C16H13ClO3. The van der Waals surface area contributed by atoms with E-state index in [9.17, 15) is 9.59 Å². The van der Waals surface area contributed by atoms with Gasteiger partial charge in [-0.25, -0.2) is 4.79 Å². The van der Waals surface area contributed by atoms with Crippen LogP contribution in [0.1, 0.15) is 26.3 Å². The molecule has 0 aromatic heterocycles. The second-order valence-electron chi connectivity index (χ2n) is 3.99. The molecule has 0 bridgehead atoms. The van der Waals surface area contributed by atoms with Crippen LogP contribution in [-0.2, 0) is 0 Å². The molecular weight excluding hydrogens is 276 g/mol. The highest BCUT2D eigenvalue weighted by Gasteiger charge is 2.01. The number of ketones is 1. The zero-order valence-electron chi connectivity index (χ0n) is 10.5. The summed E-state index contributed by atoms with van der Waals surface area (Å²) in [5.41, 5.74) is 1.64. The number of aromatic carboxylic acids is 1. The van der Waals surface area contributed by atoms with Gasteiger partial charge in [-0.1, -0.05) is 48.5 Å². The Labute approximate surface area is 123 Å². The lowest BCUT2D eigenvalue weighted by Crippen LogP contribution is -1.95. The number of carboxylic acids is 1. The summed E-state index contributed by atoms with van der Waals surface area (Å²) in [5.74, 6) is -1.04. The molecule has 0 saturated carbocycles. The Balaban J connectivity index is 0.00000200. The number of halogens is 1. The fraction of sp³-hybridized carbons (Fsp3) is 0. The van der Waals surface area contributed by atoms with Gasteiger partial charge in [0.05, 0.1) is 5.56 Å². The van der Waals surface area contributed by atoms with E-state index in [-0.39, 0.29) is 23.8 Å². The lowest BCUT2D eigenvalue weighted by molar-refractivity contribution is 0.0696. The first-order valence-electron chi connectivity index (χ1n) is 5.77. The lowest BCUT2D eigenvalue weighted by Gasteiger charge is -1.96. The van der Waals surface area contributed by atoms with Crippen LogP contribution >= 0.6 is 12.4 Å². The molecule has 2 aromatic rings. The number of hydrogen-bond acceptors (Lipinski definition) is 2. The molecule has 0 atom stereocenters. The largest absolute Gasteiger partial charge is 0.478 e. The molecule has 2 rings (SSSR count). The minimum Gasteiger partial charge on any atom is -0.478 e. The molecule has 102 valence electrons. The van der Waals surface area contributed by atoms with Crippen LogP contribution in [0.15, 0.2) is 60.7 Å². The van der Waals surface area contributed by atoms with Gasteiger partial charge in [-0.15, -0.1) is 12.4 Å². The highest BCUT2D eigenvalue weighted by molar-refractivity contribution is 6.06. The van der Waals surface area contributed by atoms with Crippen molar-refractivity contribution < 1.29 is 14.7 Å². The van der Waals surface area contributed by atoms with Crippen LogP contribution in [-0.4, -0.2) is 16.9 Å². The van der Waals surface area contributed by atoms with Crippen molar-refractivity contribution in [1.29, 1.82) is 0 Å². The summed E-state index contributed by atoms with van der Waals surface area (Å²) in [6, 6.07) is 15.3. The Morgan fingerprint density at radius 1 is 0.850 bits per heavy atom. The minimum atomic E-state index is -0.962. The van der Waals surface area contributed by atoms with Crippen molar-refractivity contribution >= 4 is 30.2 Å². The van der Waals surface area contributed by atoms with Gasteiger partial charge in [0, 0.05) is 5.56 Å². The van der Waals surface area contributed by atoms with Crippen molar-refractivity contribution in [2.24, 2.45) is 0 Å². The average Bonchev–Trinajstić information content (AvgIpc) is 2.46. The number of hydrogen-bond donors (Lipinski definition) is 1. The molecule has 0 spiro atoms. The van der Waals surface area contributed by atoms with Crippen molar-refractivity contribution in [2.45, 2.75) is 0 Å². The van der Waals surface area contributed by atoms with Gasteiger partial charge in [0.25, 0.3) is 0 Å². The summed E-state index contributed by atoms with van der Waals surface area (Å²) in [7, 11) is 0. The third kappa shape index (κ3) is 4.07. The summed E-state index contributed by atoms with van der Waals surface area (Å²) < 4.78 is 0. The molecule has 0 aliphatic carbocycles. The van der Waals surface area contributed by atoms with Crippen molar-refractivity contribution in [3.63, 3.8) is 0 Å². The molecule has 0 aliphatic heterocycles. The van der Waals surface area contributed by atoms with E-state index in [2.05, 4.69) is 0 Å². The molecule has 0 heterocycles. The molecule has 0 radical (unpaired) electrons. The van der Waals surface area contributed by atoms with E-state index in [0.29, 0.717) is 5.56 Å². The summed E-state index contributed by atoms with van der Waals surface area (Å²) in [4.78, 5) is 22.5. The highest BCUT2D eigenvalue weighted by atomic mass is 35.5. The fourth-order valence-corrected chi connectivity index (χ4v) is 1.61. The second-order valence-corrected chi connectivity index (χ2v) is 3.99. The van der Waals surface area contributed by atoms with Gasteiger partial charge in [-0.05, 0) is 23.8 Å². The predicted octanol–water partition coefficient (Wildman–Crippen LogP) is 3.70. The van der Waals surface area contributed by atoms with Crippen molar-refractivity contribution in [1.82, 2.24) is 0 Å². The van der Waals surface area contributed by atoms with Crippen LogP contribution < -0.4 is 0 Å². The van der Waals surface area contributed by atoms with Gasteiger partial charge in [-0.2, -0.15) is 0 Å². The van der Waals surface area contributed by atoms with Crippen molar-refractivity contribution in [2.75, 3.05) is 0 Å². The number of allylic oxidation sites excluding steroid dienone is 1. The first-order chi connectivity index (χ1) is 9.16. The predicted molar refractivity (Wildman–Crippen MR) is 80.5 cm³/mol. The Hall–Kier alpha value is -2.39. The maximum atomic E-state index is 11.8. The first kappa shape index (κ1) is 15.7. The van der Waals surface area contributed by atoms with Crippen LogP contribution in [0.2, 0.25) is 0 Å². The second kappa shape index (κ2) is 7.26. The number of rotatable bonds is 4. The number of carboxylic acid groups (broad SMARTS) is 1.